The highest BCUT2D eigenvalue weighted by Gasteiger charge is 2.47. The number of hydrogen-bond acceptors (Lipinski definition) is 7. The van der Waals surface area contributed by atoms with Crippen LogP contribution < -0.4 is 4.90 Å². The van der Waals surface area contributed by atoms with Gasteiger partial charge in [0.2, 0.25) is 0 Å². The van der Waals surface area contributed by atoms with E-state index in [2.05, 4.69) is 33.2 Å². The first kappa shape index (κ1) is 19.6. The fraction of sp³-hybridized carbons (Fsp3) is 0.591. The first-order valence-corrected chi connectivity index (χ1v) is 12.3. The first-order valence-electron chi connectivity index (χ1n) is 11.1. The lowest BCUT2D eigenvalue weighted by Gasteiger charge is -2.49. The Hall–Kier alpha value is -2.10. The fourth-order valence-corrected chi connectivity index (χ4v) is 6.63. The Morgan fingerprint density at radius 1 is 1.23 bits per heavy atom. The van der Waals surface area contributed by atoms with Crippen LogP contribution in [0.25, 0.3) is 16.9 Å². The number of H-pyrrole nitrogens is 1. The molecule has 2 saturated heterocycles. The Morgan fingerprint density at radius 3 is 2.74 bits per heavy atom. The quantitative estimate of drug-likeness (QED) is 0.647. The van der Waals surface area contributed by atoms with Gasteiger partial charge in [-0.05, 0) is 61.2 Å². The number of ether oxygens (including phenoxy) is 1. The van der Waals surface area contributed by atoms with Gasteiger partial charge in [-0.2, -0.15) is 26.6 Å². The molecule has 0 bridgehead atoms. The van der Waals surface area contributed by atoms with Crippen LogP contribution in [0.15, 0.2) is 24.5 Å². The van der Waals surface area contributed by atoms with Crippen molar-refractivity contribution in [3.8, 4) is 5.82 Å². The number of pyridine rings is 1. The number of fused-ring (bicyclic) bond motifs is 1. The normalized spacial score (nSPS) is 25.1. The number of nitrogens with zero attached hydrogens (tertiary/aromatic N) is 5. The van der Waals surface area contributed by atoms with E-state index in [0.29, 0.717) is 24.4 Å². The third kappa shape index (κ3) is 3.16. The SMILES string of the molecule is C[C@@H]1COCCN1c1cc(C2(O)CCC3(CC2)CSC3)c2cnn(-c3cc[nH]n3)c2n1. The zero-order chi connectivity index (χ0) is 21.1. The topological polar surface area (TPSA) is 92.1 Å². The van der Waals surface area contributed by atoms with Crippen molar-refractivity contribution >= 4 is 28.6 Å². The monoisotopic (exact) mass is 440 g/mol. The van der Waals surface area contributed by atoms with Gasteiger partial charge in [-0.3, -0.25) is 5.10 Å². The molecular formula is C22H28N6O2S. The van der Waals surface area contributed by atoms with E-state index in [1.165, 1.54) is 11.5 Å². The molecule has 1 atom stereocenters. The minimum atomic E-state index is -0.851. The molecule has 5 heterocycles. The van der Waals surface area contributed by atoms with Gasteiger partial charge in [-0.1, -0.05) is 0 Å². The van der Waals surface area contributed by atoms with Crippen molar-refractivity contribution in [2.24, 2.45) is 5.41 Å². The minimum Gasteiger partial charge on any atom is -0.385 e. The highest BCUT2D eigenvalue weighted by atomic mass is 32.2. The minimum absolute atomic E-state index is 0.226. The summed E-state index contributed by atoms with van der Waals surface area (Å²) in [6, 6.07) is 4.21. The molecule has 0 radical (unpaired) electrons. The predicted molar refractivity (Wildman–Crippen MR) is 121 cm³/mol. The molecule has 164 valence electrons. The molecule has 3 aliphatic rings. The molecule has 0 aromatic carbocycles. The molecule has 1 saturated carbocycles. The smallest absolute Gasteiger partial charge is 0.177 e. The molecular weight excluding hydrogens is 412 g/mol. The number of aromatic amines is 1. The van der Waals surface area contributed by atoms with Gasteiger partial charge in [0, 0.05) is 24.2 Å². The van der Waals surface area contributed by atoms with Crippen molar-refractivity contribution in [2.45, 2.75) is 44.2 Å². The molecule has 0 amide bonds. The average molecular weight is 441 g/mol. The van der Waals surface area contributed by atoms with Crippen LogP contribution in [0.3, 0.4) is 0 Å². The Labute approximate surface area is 185 Å². The Kier molecular flexibility index (Phi) is 4.56. The van der Waals surface area contributed by atoms with E-state index in [0.717, 1.165) is 54.6 Å². The van der Waals surface area contributed by atoms with Crippen molar-refractivity contribution < 1.29 is 9.84 Å². The second kappa shape index (κ2) is 7.21. The third-order valence-electron chi connectivity index (χ3n) is 7.35. The maximum atomic E-state index is 11.9. The van der Waals surface area contributed by atoms with E-state index >= 15 is 0 Å². The molecule has 8 nitrogen and oxygen atoms in total. The van der Waals surface area contributed by atoms with Gasteiger partial charge in [0.25, 0.3) is 0 Å². The van der Waals surface area contributed by atoms with E-state index in [1.807, 2.05) is 24.0 Å². The summed E-state index contributed by atoms with van der Waals surface area (Å²) in [6.07, 6.45) is 7.35. The zero-order valence-corrected chi connectivity index (χ0v) is 18.6. The van der Waals surface area contributed by atoms with E-state index < -0.39 is 5.60 Å². The summed E-state index contributed by atoms with van der Waals surface area (Å²) in [4.78, 5) is 7.29. The van der Waals surface area contributed by atoms with Crippen LogP contribution in [0.2, 0.25) is 0 Å². The average Bonchev–Trinajstić information content (AvgIpc) is 3.42. The number of anilines is 1. The number of morpholine rings is 1. The first-order chi connectivity index (χ1) is 15.1. The van der Waals surface area contributed by atoms with E-state index in [4.69, 9.17) is 9.72 Å². The van der Waals surface area contributed by atoms with E-state index in [-0.39, 0.29) is 6.04 Å². The molecule has 31 heavy (non-hydrogen) atoms. The molecule has 2 aliphatic heterocycles. The van der Waals surface area contributed by atoms with Gasteiger partial charge in [0.05, 0.1) is 31.1 Å². The van der Waals surface area contributed by atoms with Crippen LogP contribution in [-0.2, 0) is 10.3 Å². The predicted octanol–water partition coefficient (Wildman–Crippen LogP) is 2.86. The largest absolute Gasteiger partial charge is 0.385 e. The van der Waals surface area contributed by atoms with Gasteiger partial charge in [0.1, 0.15) is 5.82 Å². The van der Waals surface area contributed by atoms with Crippen LogP contribution in [0.1, 0.15) is 38.2 Å². The summed E-state index contributed by atoms with van der Waals surface area (Å²) in [6.45, 7) is 4.30. The fourth-order valence-electron chi connectivity index (χ4n) is 5.27. The van der Waals surface area contributed by atoms with Crippen LogP contribution in [0, 0.1) is 5.41 Å². The Morgan fingerprint density at radius 2 is 2.06 bits per heavy atom. The molecule has 9 heteroatoms. The Balaban J connectivity index is 1.48. The van der Waals surface area contributed by atoms with Crippen LogP contribution in [0.5, 0.6) is 0 Å². The van der Waals surface area contributed by atoms with Crippen molar-refractivity contribution in [3.63, 3.8) is 0 Å². The van der Waals surface area contributed by atoms with E-state index in [9.17, 15) is 5.11 Å². The second-order valence-corrected chi connectivity index (χ2v) is 10.4. The number of rotatable bonds is 3. The molecule has 3 aromatic heterocycles. The highest BCUT2D eigenvalue weighted by molar-refractivity contribution is 8.00. The van der Waals surface area contributed by atoms with Gasteiger partial charge >= 0.3 is 0 Å². The molecule has 3 fully saturated rings. The molecule has 1 spiro atoms. The number of aromatic nitrogens is 5. The van der Waals surface area contributed by atoms with Crippen molar-refractivity contribution in [2.75, 3.05) is 36.2 Å². The standard InChI is InChI=1S/C22H28N6O2S/c1-15-12-30-9-8-27(15)19-10-17(22(29)5-3-21(4-6-22)13-31-14-21)16-11-24-28(20(16)25-19)18-2-7-23-26-18/h2,7,10-11,15,29H,3-6,8-9,12-14H2,1H3,(H,23,26)/t15-/m1/s1. The zero-order valence-electron chi connectivity index (χ0n) is 17.8. The molecule has 3 aromatic rings. The number of nitrogens with one attached hydrogen (secondary N) is 1. The lowest BCUT2D eigenvalue weighted by molar-refractivity contribution is -0.0296. The van der Waals surface area contributed by atoms with Crippen molar-refractivity contribution in [3.05, 3.63) is 30.1 Å². The van der Waals surface area contributed by atoms with Crippen LogP contribution in [-0.4, -0.2) is 67.4 Å². The van der Waals surface area contributed by atoms with Crippen molar-refractivity contribution in [1.29, 1.82) is 0 Å². The number of hydrogen-bond donors (Lipinski definition) is 2. The van der Waals surface area contributed by atoms with Gasteiger partial charge < -0.3 is 14.7 Å². The molecule has 1 aliphatic carbocycles. The highest BCUT2D eigenvalue weighted by Crippen LogP contribution is 2.54. The second-order valence-electron chi connectivity index (χ2n) is 9.40. The Bertz CT molecular complexity index is 1080. The summed E-state index contributed by atoms with van der Waals surface area (Å²) in [5, 5.41) is 24.6. The van der Waals surface area contributed by atoms with Crippen molar-refractivity contribution in [1.82, 2.24) is 25.0 Å². The van der Waals surface area contributed by atoms with Gasteiger partial charge in [0.15, 0.2) is 11.5 Å². The van der Waals surface area contributed by atoms with Crippen LogP contribution >= 0.6 is 11.8 Å². The number of thioether (sulfide) groups is 1. The molecule has 6 rings (SSSR count). The van der Waals surface area contributed by atoms with Gasteiger partial charge in [-0.15, -0.1) is 0 Å². The lowest BCUT2D eigenvalue weighted by Crippen LogP contribution is -2.45. The summed E-state index contributed by atoms with van der Waals surface area (Å²) in [7, 11) is 0. The molecule has 2 N–H and O–H groups in total. The lowest BCUT2D eigenvalue weighted by atomic mass is 9.68. The van der Waals surface area contributed by atoms with Gasteiger partial charge in [-0.25, -0.2) is 4.98 Å². The maximum absolute atomic E-state index is 11.9. The summed E-state index contributed by atoms with van der Waals surface area (Å²) < 4.78 is 7.41. The maximum Gasteiger partial charge on any atom is 0.177 e. The van der Waals surface area contributed by atoms with E-state index in [1.54, 1.807) is 10.9 Å². The van der Waals surface area contributed by atoms with Crippen LogP contribution in [0.4, 0.5) is 5.82 Å². The summed E-state index contributed by atoms with van der Waals surface area (Å²) in [5.74, 6) is 4.05. The summed E-state index contributed by atoms with van der Waals surface area (Å²) in [5.41, 5.74) is 1.29. The third-order valence-corrected chi connectivity index (χ3v) is 8.98. The molecule has 0 unspecified atom stereocenters. The number of aliphatic hydroxyl groups is 1. The summed E-state index contributed by atoms with van der Waals surface area (Å²) >= 11 is 2.03.